The molecule has 0 amide bonds. The van der Waals surface area contributed by atoms with E-state index in [2.05, 4.69) is 170 Å². The molecule has 0 heteroatoms. The molecule has 0 radical (unpaired) electrons. The maximum Gasteiger partial charge on any atom is -0.000683 e. The number of allylic oxidation sites excluding steroid dienone is 1. The molecule has 1 aliphatic rings. The summed E-state index contributed by atoms with van der Waals surface area (Å²) in [6.07, 6.45) is 0.916. The van der Waals surface area contributed by atoms with Crippen molar-refractivity contribution in [2.45, 2.75) is 6.42 Å². The van der Waals surface area contributed by atoms with E-state index in [1.807, 2.05) is 0 Å². The largest absolute Gasteiger partial charge is 0.0622 e. The second-order valence-corrected chi connectivity index (χ2v) is 13.5. The van der Waals surface area contributed by atoms with Crippen molar-refractivity contribution >= 4 is 75.8 Å². The Morgan fingerprint density at radius 1 is 0.306 bits per heavy atom. The van der Waals surface area contributed by atoms with Crippen LogP contribution in [0.4, 0.5) is 0 Å². The van der Waals surface area contributed by atoms with Gasteiger partial charge in [0, 0.05) is 0 Å². The molecule has 0 N–H and O–H groups in total. The fourth-order valence-corrected chi connectivity index (χ4v) is 9.11. The van der Waals surface area contributed by atoms with E-state index >= 15 is 0 Å². The Bertz CT molecular complexity index is 2890. The minimum atomic E-state index is 0.916. The van der Waals surface area contributed by atoms with Crippen LogP contribution in [0.25, 0.3) is 86.9 Å². The summed E-state index contributed by atoms with van der Waals surface area (Å²) in [7, 11) is 0. The Balaban J connectivity index is 1.28. The van der Waals surface area contributed by atoms with Crippen molar-refractivity contribution in [1.29, 1.82) is 0 Å². The molecule has 0 aromatic heterocycles. The molecule has 0 spiro atoms. The Labute approximate surface area is 284 Å². The SMILES string of the molecule is c1ccc(C2=C(c3c4ccccc4c(-c4ccc5c6cccc7cccc(c8cccc4c85)c76)c4ccccc34)Cc3ccccc32)cc1. The lowest BCUT2D eigenvalue weighted by atomic mass is 9.81. The summed E-state index contributed by atoms with van der Waals surface area (Å²) >= 11 is 0. The second-order valence-electron chi connectivity index (χ2n) is 13.5. The second kappa shape index (κ2) is 10.1. The first-order valence-corrected chi connectivity index (χ1v) is 17.2. The summed E-state index contributed by atoms with van der Waals surface area (Å²) in [5.74, 6) is 0. The van der Waals surface area contributed by atoms with Gasteiger partial charge in [-0.05, 0) is 116 Å². The molecule has 49 heavy (non-hydrogen) atoms. The van der Waals surface area contributed by atoms with Gasteiger partial charge in [0.2, 0.25) is 0 Å². The normalized spacial score (nSPS) is 13.1. The van der Waals surface area contributed by atoms with Crippen molar-refractivity contribution in [2.24, 2.45) is 0 Å². The van der Waals surface area contributed by atoms with Crippen LogP contribution in [0.5, 0.6) is 0 Å². The molecule has 0 aliphatic heterocycles. The van der Waals surface area contributed by atoms with Crippen molar-refractivity contribution < 1.29 is 0 Å². The molecule has 10 aromatic carbocycles. The van der Waals surface area contributed by atoms with Crippen LogP contribution in [0.2, 0.25) is 0 Å². The monoisotopic (exact) mass is 618 g/mol. The van der Waals surface area contributed by atoms with Gasteiger partial charge in [0.25, 0.3) is 0 Å². The zero-order chi connectivity index (χ0) is 32.1. The van der Waals surface area contributed by atoms with Gasteiger partial charge in [-0.15, -0.1) is 0 Å². The highest BCUT2D eigenvalue weighted by atomic mass is 14.3. The minimum absolute atomic E-state index is 0.916. The first-order chi connectivity index (χ1) is 24.3. The van der Waals surface area contributed by atoms with E-state index in [4.69, 9.17) is 0 Å². The van der Waals surface area contributed by atoms with Crippen LogP contribution < -0.4 is 0 Å². The molecular weight excluding hydrogens is 589 g/mol. The molecule has 0 saturated carbocycles. The third-order valence-electron chi connectivity index (χ3n) is 11.0. The quantitative estimate of drug-likeness (QED) is 0.136. The van der Waals surface area contributed by atoms with Crippen molar-refractivity contribution in [3.05, 3.63) is 192 Å². The number of hydrogen-bond donors (Lipinski definition) is 0. The van der Waals surface area contributed by atoms with E-state index < -0.39 is 0 Å². The fourth-order valence-electron chi connectivity index (χ4n) is 9.11. The molecule has 0 atom stereocenters. The van der Waals surface area contributed by atoms with E-state index in [0.717, 1.165) is 6.42 Å². The average Bonchev–Trinajstić information content (AvgIpc) is 3.55. The summed E-state index contributed by atoms with van der Waals surface area (Å²) in [4.78, 5) is 0. The lowest BCUT2D eigenvalue weighted by molar-refractivity contribution is 1.33. The number of fused-ring (bicyclic) bond motifs is 5. The van der Waals surface area contributed by atoms with Gasteiger partial charge in [0.1, 0.15) is 0 Å². The summed E-state index contributed by atoms with van der Waals surface area (Å²) in [5.41, 5.74) is 10.7. The molecule has 0 unspecified atom stereocenters. The topological polar surface area (TPSA) is 0 Å². The highest BCUT2D eigenvalue weighted by Crippen LogP contribution is 2.50. The van der Waals surface area contributed by atoms with E-state index in [0.29, 0.717) is 0 Å². The van der Waals surface area contributed by atoms with Gasteiger partial charge < -0.3 is 0 Å². The standard InChI is InChI=1S/C49H30/c1-2-13-30(14-3-1)45-33-18-5-4-15-32(33)29-44(45)49-38-21-8-6-19-36(38)47(37-20-7-9-22-39(37)49)43-28-27-42-35-24-11-17-31-16-10-23-34(46(31)35)40-25-12-26-41(43)48(40)42/h1-28H,29H2. The van der Waals surface area contributed by atoms with Gasteiger partial charge in [0.05, 0.1) is 0 Å². The predicted octanol–water partition coefficient (Wildman–Crippen LogP) is 13.2. The number of benzene rings is 10. The smallest absolute Gasteiger partial charge is 0.000683 e. The van der Waals surface area contributed by atoms with Gasteiger partial charge >= 0.3 is 0 Å². The number of hydrogen-bond acceptors (Lipinski definition) is 0. The van der Waals surface area contributed by atoms with Crippen molar-refractivity contribution in [1.82, 2.24) is 0 Å². The highest BCUT2D eigenvalue weighted by molar-refractivity contribution is 6.35. The lowest BCUT2D eigenvalue weighted by Gasteiger charge is -2.21. The molecule has 11 rings (SSSR count). The van der Waals surface area contributed by atoms with Gasteiger partial charge in [-0.25, -0.2) is 0 Å². The Kier molecular flexibility index (Phi) is 5.54. The fraction of sp³-hybridized carbons (Fsp3) is 0.0204. The lowest BCUT2D eigenvalue weighted by Crippen LogP contribution is -1.96. The zero-order valence-electron chi connectivity index (χ0n) is 26.9. The maximum atomic E-state index is 2.39. The van der Waals surface area contributed by atoms with Gasteiger partial charge in [-0.3, -0.25) is 0 Å². The Morgan fingerprint density at radius 3 is 1.51 bits per heavy atom. The first kappa shape index (κ1) is 26.8. The summed E-state index contributed by atoms with van der Waals surface area (Å²) in [5, 5.41) is 15.8. The molecule has 0 bridgehead atoms. The van der Waals surface area contributed by atoms with Gasteiger partial charge in [-0.1, -0.05) is 170 Å². The number of rotatable bonds is 3. The van der Waals surface area contributed by atoms with Crippen LogP contribution in [-0.2, 0) is 6.42 Å². The molecule has 0 saturated heterocycles. The molecule has 0 fully saturated rings. The van der Waals surface area contributed by atoms with Crippen molar-refractivity contribution in [3.8, 4) is 11.1 Å². The Hall–Kier alpha value is -6.24. The van der Waals surface area contributed by atoms with E-state index in [-0.39, 0.29) is 0 Å². The summed E-state index contributed by atoms with van der Waals surface area (Å²) < 4.78 is 0. The van der Waals surface area contributed by atoms with E-state index in [1.165, 1.54) is 109 Å². The van der Waals surface area contributed by atoms with Crippen LogP contribution in [0.3, 0.4) is 0 Å². The first-order valence-electron chi connectivity index (χ1n) is 17.2. The van der Waals surface area contributed by atoms with E-state index in [9.17, 15) is 0 Å². The minimum Gasteiger partial charge on any atom is -0.0622 e. The van der Waals surface area contributed by atoms with Gasteiger partial charge in [-0.2, -0.15) is 0 Å². The summed E-state index contributed by atoms with van der Waals surface area (Å²) in [6.45, 7) is 0. The molecule has 10 aromatic rings. The highest BCUT2D eigenvalue weighted by Gasteiger charge is 2.27. The average molecular weight is 619 g/mol. The van der Waals surface area contributed by atoms with Crippen LogP contribution in [0.15, 0.2) is 170 Å². The van der Waals surface area contributed by atoms with Crippen LogP contribution in [0.1, 0.15) is 22.3 Å². The molecule has 0 heterocycles. The van der Waals surface area contributed by atoms with Gasteiger partial charge in [0.15, 0.2) is 0 Å². The third kappa shape index (κ3) is 3.69. The zero-order valence-corrected chi connectivity index (χ0v) is 26.9. The molecule has 1 aliphatic carbocycles. The van der Waals surface area contributed by atoms with Crippen LogP contribution >= 0.6 is 0 Å². The van der Waals surface area contributed by atoms with Crippen LogP contribution in [0, 0.1) is 0 Å². The van der Waals surface area contributed by atoms with Crippen molar-refractivity contribution in [2.75, 3.05) is 0 Å². The molecule has 226 valence electrons. The maximum absolute atomic E-state index is 2.39. The van der Waals surface area contributed by atoms with Crippen LogP contribution in [-0.4, -0.2) is 0 Å². The predicted molar refractivity (Wildman–Crippen MR) is 211 cm³/mol. The Morgan fingerprint density at radius 2 is 0.816 bits per heavy atom. The summed E-state index contributed by atoms with van der Waals surface area (Å²) in [6, 6.07) is 63.3. The van der Waals surface area contributed by atoms with E-state index in [1.54, 1.807) is 0 Å². The third-order valence-corrected chi connectivity index (χ3v) is 11.0. The van der Waals surface area contributed by atoms with Crippen molar-refractivity contribution in [3.63, 3.8) is 0 Å². The molecular formula is C49H30. The molecule has 0 nitrogen and oxygen atoms in total.